The highest BCUT2D eigenvalue weighted by Gasteiger charge is 2.17. The van der Waals surface area contributed by atoms with Gasteiger partial charge in [0.05, 0.1) is 26.4 Å². The van der Waals surface area contributed by atoms with E-state index >= 15 is 0 Å². The summed E-state index contributed by atoms with van der Waals surface area (Å²) in [6, 6.07) is 0.301. The van der Waals surface area contributed by atoms with Crippen molar-refractivity contribution in [3.63, 3.8) is 0 Å². The minimum Gasteiger partial charge on any atom is -0.459 e. The molecule has 0 spiro atoms. The van der Waals surface area contributed by atoms with E-state index in [1.54, 1.807) is 6.08 Å². The predicted molar refractivity (Wildman–Crippen MR) is 96.1 cm³/mol. The number of aromatic nitrogens is 3. The van der Waals surface area contributed by atoms with Gasteiger partial charge in [-0.2, -0.15) is 15.0 Å². The lowest BCUT2D eigenvalue weighted by molar-refractivity contribution is 0.0547. The predicted octanol–water partition coefficient (Wildman–Crippen LogP) is 0.440. The van der Waals surface area contributed by atoms with Crippen LogP contribution in [-0.4, -0.2) is 74.2 Å². The molecule has 0 aromatic carbocycles. The number of ether oxygens (including phenoxy) is 3. The summed E-state index contributed by atoms with van der Waals surface area (Å²) in [5, 5.41) is 3.15. The van der Waals surface area contributed by atoms with Gasteiger partial charge in [-0.3, -0.25) is 0 Å². The summed E-state index contributed by atoms with van der Waals surface area (Å²) in [5.41, 5.74) is 5.34. The molecule has 0 atom stereocenters. The van der Waals surface area contributed by atoms with Crippen molar-refractivity contribution in [1.29, 1.82) is 0 Å². The van der Waals surface area contributed by atoms with Crippen LogP contribution in [0.15, 0.2) is 12.7 Å². The van der Waals surface area contributed by atoms with Crippen molar-refractivity contribution in [2.24, 2.45) is 5.73 Å². The summed E-state index contributed by atoms with van der Waals surface area (Å²) in [6.45, 7) is 9.17. The van der Waals surface area contributed by atoms with E-state index < -0.39 is 0 Å². The van der Waals surface area contributed by atoms with E-state index in [9.17, 15) is 0 Å². The third-order valence-electron chi connectivity index (χ3n) is 3.49. The summed E-state index contributed by atoms with van der Waals surface area (Å²) >= 11 is 0. The molecule has 0 amide bonds. The van der Waals surface area contributed by atoms with Gasteiger partial charge in [0.2, 0.25) is 11.9 Å². The Morgan fingerprint density at radius 3 is 2.56 bits per heavy atom. The number of rotatable bonds is 13. The number of nitrogens with two attached hydrogens (primary N) is 1. The molecule has 1 aliphatic rings. The topological polar surface area (TPSA) is 108 Å². The lowest BCUT2D eigenvalue weighted by atomic mass is 10.4. The van der Waals surface area contributed by atoms with Crippen molar-refractivity contribution in [3.8, 4) is 6.01 Å². The second-order valence-corrected chi connectivity index (χ2v) is 5.48. The Labute approximate surface area is 148 Å². The smallest absolute Gasteiger partial charge is 0.323 e. The van der Waals surface area contributed by atoms with Gasteiger partial charge in [-0.15, -0.1) is 0 Å². The molecule has 9 nitrogen and oxygen atoms in total. The Morgan fingerprint density at radius 2 is 1.84 bits per heavy atom. The quantitative estimate of drug-likeness (QED) is 0.386. The van der Waals surface area contributed by atoms with Crippen molar-refractivity contribution in [2.75, 3.05) is 69.4 Å². The molecule has 1 aromatic heterocycles. The van der Waals surface area contributed by atoms with Gasteiger partial charge in [0, 0.05) is 26.2 Å². The zero-order chi connectivity index (χ0) is 17.7. The Kier molecular flexibility index (Phi) is 8.95. The molecular weight excluding hydrogens is 324 g/mol. The van der Waals surface area contributed by atoms with Crippen molar-refractivity contribution in [3.05, 3.63) is 12.7 Å². The van der Waals surface area contributed by atoms with Gasteiger partial charge in [0.25, 0.3) is 0 Å². The van der Waals surface area contributed by atoms with Crippen molar-refractivity contribution >= 4 is 11.9 Å². The zero-order valence-corrected chi connectivity index (χ0v) is 14.7. The van der Waals surface area contributed by atoms with Gasteiger partial charge in [-0.1, -0.05) is 12.7 Å². The molecule has 9 heteroatoms. The molecule has 0 bridgehead atoms. The van der Waals surface area contributed by atoms with Gasteiger partial charge in [-0.05, 0) is 12.8 Å². The Bertz CT molecular complexity index is 511. The fourth-order valence-electron chi connectivity index (χ4n) is 2.32. The second-order valence-electron chi connectivity index (χ2n) is 5.48. The number of hydrogen-bond donors (Lipinski definition) is 2. The fraction of sp³-hybridized carbons (Fsp3) is 0.688. The van der Waals surface area contributed by atoms with E-state index in [1.165, 1.54) is 0 Å². The highest BCUT2D eigenvalue weighted by Crippen LogP contribution is 2.19. The third-order valence-corrected chi connectivity index (χ3v) is 3.49. The molecular formula is C16H28N6O3. The molecule has 1 saturated heterocycles. The second kappa shape index (κ2) is 11.6. The molecule has 1 fully saturated rings. The van der Waals surface area contributed by atoms with Crippen LogP contribution in [0.3, 0.4) is 0 Å². The minimum atomic E-state index is 0.301. The SMILES string of the molecule is C=CCOc1nc(NCCOCCOCCN)nc(N2CCCC2)n1. The maximum atomic E-state index is 5.47. The van der Waals surface area contributed by atoms with E-state index in [1.807, 2.05) is 0 Å². The number of nitrogens with zero attached hydrogens (tertiary/aromatic N) is 4. The highest BCUT2D eigenvalue weighted by molar-refractivity contribution is 5.39. The summed E-state index contributed by atoms with van der Waals surface area (Å²) in [7, 11) is 0. The maximum absolute atomic E-state index is 5.47. The number of hydrogen-bond acceptors (Lipinski definition) is 9. The van der Waals surface area contributed by atoms with Crippen LogP contribution in [0.4, 0.5) is 11.9 Å². The van der Waals surface area contributed by atoms with Crippen molar-refractivity contribution in [1.82, 2.24) is 15.0 Å². The first-order valence-electron chi connectivity index (χ1n) is 8.67. The number of anilines is 2. The first kappa shape index (κ1) is 19.4. The molecule has 0 unspecified atom stereocenters. The molecule has 0 saturated carbocycles. The van der Waals surface area contributed by atoms with Crippen molar-refractivity contribution in [2.45, 2.75) is 12.8 Å². The standard InChI is InChI=1S/C16H28N6O3/c1-2-9-25-16-20-14(18-6-11-24-13-12-23-10-5-17)19-15(21-16)22-7-3-4-8-22/h2H,1,3-13,17H2,(H,18,19,20,21). The van der Waals surface area contributed by atoms with Gasteiger partial charge in [-0.25, -0.2) is 0 Å². The molecule has 140 valence electrons. The minimum absolute atomic E-state index is 0.301. The molecule has 3 N–H and O–H groups in total. The van der Waals surface area contributed by atoms with Crippen LogP contribution in [0.1, 0.15) is 12.8 Å². The maximum Gasteiger partial charge on any atom is 0.323 e. The van der Waals surface area contributed by atoms with Crippen LogP contribution in [0.25, 0.3) is 0 Å². The normalized spacial score (nSPS) is 13.9. The lowest BCUT2D eigenvalue weighted by Gasteiger charge is -2.16. The summed E-state index contributed by atoms with van der Waals surface area (Å²) < 4.78 is 16.2. The summed E-state index contributed by atoms with van der Waals surface area (Å²) in [5.74, 6) is 1.13. The largest absolute Gasteiger partial charge is 0.459 e. The van der Waals surface area contributed by atoms with Crippen LogP contribution in [-0.2, 0) is 9.47 Å². The average Bonchev–Trinajstić information content (AvgIpc) is 3.17. The van der Waals surface area contributed by atoms with Gasteiger partial charge >= 0.3 is 6.01 Å². The first-order chi connectivity index (χ1) is 12.3. The number of nitrogens with one attached hydrogen (secondary N) is 1. The lowest BCUT2D eigenvalue weighted by Crippen LogP contribution is -2.22. The monoisotopic (exact) mass is 352 g/mol. The fourth-order valence-corrected chi connectivity index (χ4v) is 2.32. The van der Waals surface area contributed by atoms with E-state index in [-0.39, 0.29) is 0 Å². The third kappa shape index (κ3) is 7.20. The van der Waals surface area contributed by atoms with Crippen LogP contribution in [0.2, 0.25) is 0 Å². The van der Waals surface area contributed by atoms with E-state index in [4.69, 9.17) is 19.9 Å². The average molecular weight is 352 g/mol. The van der Waals surface area contributed by atoms with E-state index in [0.29, 0.717) is 64.0 Å². The van der Waals surface area contributed by atoms with Crippen LogP contribution < -0.4 is 20.7 Å². The van der Waals surface area contributed by atoms with Gasteiger partial charge < -0.3 is 30.2 Å². The summed E-state index contributed by atoms with van der Waals surface area (Å²) in [6.07, 6.45) is 3.96. The molecule has 1 aromatic rings. The molecule has 2 heterocycles. The van der Waals surface area contributed by atoms with Crippen molar-refractivity contribution < 1.29 is 14.2 Å². The highest BCUT2D eigenvalue weighted by atomic mass is 16.5. The zero-order valence-electron chi connectivity index (χ0n) is 14.7. The molecule has 0 radical (unpaired) electrons. The Hall–Kier alpha value is -1.97. The Morgan fingerprint density at radius 1 is 1.08 bits per heavy atom. The van der Waals surface area contributed by atoms with Crippen LogP contribution in [0, 0.1) is 0 Å². The molecule has 0 aliphatic carbocycles. The molecule has 1 aliphatic heterocycles. The van der Waals surface area contributed by atoms with Crippen LogP contribution >= 0.6 is 0 Å². The van der Waals surface area contributed by atoms with E-state index in [2.05, 4.69) is 31.7 Å². The van der Waals surface area contributed by atoms with Gasteiger partial charge in [0.15, 0.2) is 0 Å². The van der Waals surface area contributed by atoms with E-state index in [0.717, 1.165) is 25.9 Å². The Balaban J connectivity index is 1.81. The summed E-state index contributed by atoms with van der Waals surface area (Å²) in [4.78, 5) is 15.3. The van der Waals surface area contributed by atoms with Gasteiger partial charge in [0.1, 0.15) is 6.61 Å². The van der Waals surface area contributed by atoms with Crippen LogP contribution in [0.5, 0.6) is 6.01 Å². The molecule has 25 heavy (non-hydrogen) atoms. The first-order valence-corrected chi connectivity index (χ1v) is 8.67. The molecule has 2 rings (SSSR count).